The summed E-state index contributed by atoms with van der Waals surface area (Å²) in [7, 11) is 0. The third-order valence-corrected chi connectivity index (χ3v) is 2.61. The smallest absolute Gasteiger partial charge is 0.251 e. The van der Waals surface area contributed by atoms with Crippen molar-refractivity contribution in [1.82, 2.24) is 10.3 Å². The molecule has 0 fully saturated rings. The number of halogens is 1. The van der Waals surface area contributed by atoms with E-state index in [1.807, 2.05) is 0 Å². The third-order valence-electron chi connectivity index (χ3n) is 2.16. The molecule has 4 heteroatoms. The standard InChI is InChI=1S/C11H15BrN2O/c1-9(2-5-12)8-14-11(15)10-3-6-13-7-4-10/h3-4,6-7,9H,2,5,8H2,1H3,(H,14,15). The molecule has 0 aliphatic carbocycles. The van der Waals surface area contributed by atoms with Gasteiger partial charge in [-0.25, -0.2) is 0 Å². The van der Waals surface area contributed by atoms with E-state index in [0.29, 0.717) is 18.0 Å². The Hall–Kier alpha value is -0.900. The Labute approximate surface area is 98.4 Å². The predicted molar refractivity (Wildman–Crippen MR) is 64.1 cm³/mol. The van der Waals surface area contributed by atoms with Crippen molar-refractivity contribution >= 4 is 21.8 Å². The maximum absolute atomic E-state index is 11.6. The van der Waals surface area contributed by atoms with Crippen molar-refractivity contribution in [3.05, 3.63) is 30.1 Å². The summed E-state index contributed by atoms with van der Waals surface area (Å²) in [5, 5.41) is 3.87. The van der Waals surface area contributed by atoms with Gasteiger partial charge in [0.1, 0.15) is 0 Å². The molecule has 0 aliphatic rings. The summed E-state index contributed by atoms with van der Waals surface area (Å²) in [5.74, 6) is 0.467. The van der Waals surface area contributed by atoms with Gasteiger partial charge in [-0.05, 0) is 24.5 Å². The summed E-state index contributed by atoms with van der Waals surface area (Å²) in [6.07, 6.45) is 4.31. The molecule has 1 heterocycles. The molecule has 15 heavy (non-hydrogen) atoms. The Balaban J connectivity index is 2.37. The van der Waals surface area contributed by atoms with Gasteiger partial charge in [-0.15, -0.1) is 0 Å². The fourth-order valence-electron chi connectivity index (χ4n) is 1.16. The van der Waals surface area contributed by atoms with E-state index in [1.165, 1.54) is 0 Å². The molecule has 0 spiro atoms. The predicted octanol–water partition coefficient (Wildman–Crippen LogP) is 2.23. The number of aromatic nitrogens is 1. The summed E-state index contributed by atoms with van der Waals surface area (Å²) < 4.78 is 0. The van der Waals surface area contributed by atoms with E-state index in [9.17, 15) is 4.79 Å². The molecule has 82 valence electrons. The first kappa shape index (κ1) is 12.2. The Kier molecular flexibility index (Phi) is 5.32. The first-order valence-corrected chi connectivity index (χ1v) is 6.10. The minimum atomic E-state index is -0.0289. The summed E-state index contributed by atoms with van der Waals surface area (Å²) >= 11 is 3.38. The summed E-state index contributed by atoms with van der Waals surface area (Å²) in [4.78, 5) is 15.5. The van der Waals surface area contributed by atoms with E-state index >= 15 is 0 Å². The highest BCUT2D eigenvalue weighted by Crippen LogP contribution is 2.03. The Morgan fingerprint density at radius 1 is 1.53 bits per heavy atom. The maximum atomic E-state index is 11.6. The van der Waals surface area contributed by atoms with Crippen LogP contribution in [0.3, 0.4) is 0 Å². The van der Waals surface area contributed by atoms with Crippen LogP contribution in [0.2, 0.25) is 0 Å². The fourth-order valence-corrected chi connectivity index (χ4v) is 1.94. The van der Waals surface area contributed by atoms with Crippen molar-refractivity contribution < 1.29 is 4.79 Å². The first-order valence-electron chi connectivity index (χ1n) is 4.98. The number of nitrogens with one attached hydrogen (secondary N) is 1. The molecule has 1 aromatic rings. The molecule has 1 amide bonds. The van der Waals surface area contributed by atoms with Gasteiger partial charge < -0.3 is 5.32 Å². The van der Waals surface area contributed by atoms with Crippen LogP contribution < -0.4 is 5.32 Å². The van der Waals surface area contributed by atoms with Crippen molar-refractivity contribution in [2.45, 2.75) is 13.3 Å². The third kappa shape index (κ3) is 4.42. The maximum Gasteiger partial charge on any atom is 0.251 e. The van der Waals surface area contributed by atoms with Crippen molar-refractivity contribution in [2.75, 3.05) is 11.9 Å². The highest BCUT2D eigenvalue weighted by atomic mass is 79.9. The van der Waals surface area contributed by atoms with Crippen LogP contribution in [0.1, 0.15) is 23.7 Å². The number of nitrogens with zero attached hydrogens (tertiary/aromatic N) is 1. The van der Waals surface area contributed by atoms with Crippen LogP contribution in [0.4, 0.5) is 0 Å². The van der Waals surface area contributed by atoms with E-state index in [1.54, 1.807) is 24.5 Å². The van der Waals surface area contributed by atoms with E-state index in [4.69, 9.17) is 0 Å². The number of carbonyl (C=O) groups is 1. The quantitative estimate of drug-likeness (QED) is 0.834. The molecule has 1 atom stereocenters. The normalized spacial score (nSPS) is 12.1. The lowest BCUT2D eigenvalue weighted by molar-refractivity contribution is 0.0948. The molecule has 0 radical (unpaired) electrons. The van der Waals surface area contributed by atoms with Crippen LogP contribution in [0.5, 0.6) is 0 Å². The van der Waals surface area contributed by atoms with Crippen molar-refractivity contribution in [1.29, 1.82) is 0 Å². The number of hydrogen-bond donors (Lipinski definition) is 1. The van der Waals surface area contributed by atoms with Crippen LogP contribution in [0.25, 0.3) is 0 Å². The highest BCUT2D eigenvalue weighted by molar-refractivity contribution is 9.09. The van der Waals surface area contributed by atoms with E-state index in [0.717, 1.165) is 11.8 Å². The zero-order valence-electron chi connectivity index (χ0n) is 8.74. The van der Waals surface area contributed by atoms with Gasteiger partial charge in [0.15, 0.2) is 0 Å². The first-order chi connectivity index (χ1) is 7.24. The van der Waals surface area contributed by atoms with Gasteiger partial charge in [0, 0.05) is 29.8 Å². The molecule has 1 unspecified atom stereocenters. The molecule has 0 bridgehead atoms. The number of pyridine rings is 1. The molecular formula is C11H15BrN2O. The molecule has 0 aromatic carbocycles. The molecule has 0 saturated heterocycles. The van der Waals surface area contributed by atoms with E-state index < -0.39 is 0 Å². The lowest BCUT2D eigenvalue weighted by Crippen LogP contribution is -2.28. The van der Waals surface area contributed by atoms with Crippen molar-refractivity contribution in [2.24, 2.45) is 5.92 Å². The molecule has 1 aromatic heterocycles. The number of alkyl halides is 1. The molecule has 1 rings (SSSR count). The average Bonchev–Trinajstić information content (AvgIpc) is 2.27. The Bertz CT molecular complexity index is 303. The lowest BCUT2D eigenvalue weighted by atomic mass is 10.1. The number of rotatable bonds is 5. The average molecular weight is 271 g/mol. The van der Waals surface area contributed by atoms with Crippen molar-refractivity contribution in [3.63, 3.8) is 0 Å². The summed E-state index contributed by atoms with van der Waals surface area (Å²) in [5.41, 5.74) is 0.663. The second kappa shape index (κ2) is 6.56. The van der Waals surface area contributed by atoms with Gasteiger partial charge in [-0.3, -0.25) is 9.78 Å². The second-order valence-electron chi connectivity index (χ2n) is 3.53. The van der Waals surface area contributed by atoms with Crippen LogP contribution in [-0.4, -0.2) is 22.8 Å². The molecule has 0 aliphatic heterocycles. The number of carbonyl (C=O) groups excluding carboxylic acids is 1. The molecule has 1 N–H and O–H groups in total. The SMILES string of the molecule is CC(CCBr)CNC(=O)c1ccncc1. The van der Waals surface area contributed by atoms with Crippen LogP contribution >= 0.6 is 15.9 Å². The lowest BCUT2D eigenvalue weighted by Gasteiger charge is -2.10. The van der Waals surface area contributed by atoms with Gasteiger partial charge in [0.2, 0.25) is 0 Å². The summed E-state index contributed by atoms with van der Waals surface area (Å²) in [6, 6.07) is 3.43. The number of amides is 1. The monoisotopic (exact) mass is 270 g/mol. The summed E-state index contributed by atoms with van der Waals surface area (Å²) in [6.45, 7) is 2.83. The largest absolute Gasteiger partial charge is 0.352 e. The van der Waals surface area contributed by atoms with Crippen molar-refractivity contribution in [3.8, 4) is 0 Å². The molecular weight excluding hydrogens is 256 g/mol. The topological polar surface area (TPSA) is 42.0 Å². The number of hydrogen-bond acceptors (Lipinski definition) is 2. The second-order valence-corrected chi connectivity index (χ2v) is 4.32. The van der Waals surface area contributed by atoms with Gasteiger partial charge in [0.25, 0.3) is 5.91 Å². The van der Waals surface area contributed by atoms with Gasteiger partial charge in [0.05, 0.1) is 0 Å². The van der Waals surface area contributed by atoms with E-state index in [2.05, 4.69) is 33.2 Å². The minimum Gasteiger partial charge on any atom is -0.352 e. The molecule has 3 nitrogen and oxygen atoms in total. The highest BCUT2D eigenvalue weighted by Gasteiger charge is 2.06. The van der Waals surface area contributed by atoms with Gasteiger partial charge >= 0.3 is 0 Å². The molecule has 0 saturated carbocycles. The zero-order chi connectivity index (χ0) is 11.1. The van der Waals surface area contributed by atoms with Crippen LogP contribution in [0, 0.1) is 5.92 Å². The van der Waals surface area contributed by atoms with Gasteiger partial charge in [-0.1, -0.05) is 22.9 Å². The fraction of sp³-hybridized carbons (Fsp3) is 0.455. The van der Waals surface area contributed by atoms with E-state index in [-0.39, 0.29) is 5.91 Å². The van der Waals surface area contributed by atoms with Crippen LogP contribution in [-0.2, 0) is 0 Å². The Morgan fingerprint density at radius 2 is 2.20 bits per heavy atom. The van der Waals surface area contributed by atoms with Crippen LogP contribution in [0.15, 0.2) is 24.5 Å². The Morgan fingerprint density at radius 3 is 2.80 bits per heavy atom. The zero-order valence-corrected chi connectivity index (χ0v) is 10.3. The minimum absolute atomic E-state index is 0.0289. The van der Waals surface area contributed by atoms with Gasteiger partial charge in [-0.2, -0.15) is 0 Å².